The number of fused-ring (bicyclic) bond motifs is 1. The molecule has 0 fully saturated rings. The molecule has 2 nitrogen and oxygen atoms in total. The first kappa shape index (κ1) is 14.0. The maximum Gasteiger partial charge on any atom is 0.187 e. The summed E-state index contributed by atoms with van der Waals surface area (Å²) in [5.74, 6) is -2.74. The summed E-state index contributed by atoms with van der Waals surface area (Å²) in [5.41, 5.74) is 3.23. The highest BCUT2D eigenvalue weighted by Crippen LogP contribution is 2.23. The predicted molar refractivity (Wildman–Crippen MR) is 77.1 cm³/mol. The van der Waals surface area contributed by atoms with Crippen LogP contribution in [0.2, 0.25) is 0 Å². The molecule has 0 aliphatic heterocycles. The third-order valence-corrected chi connectivity index (χ3v) is 4.02. The first-order valence-electron chi connectivity index (χ1n) is 7.10. The zero-order valence-corrected chi connectivity index (χ0v) is 11.6. The largest absolute Gasteiger partial charge is 0.503 e. The van der Waals surface area contributed by atoms with E-state index in [0.717, 1.165) is 19.3 Å². The number of phenols is 1. The van der Waals surface area contributed by atoms with Crippen molar-refractivity contribution in [1.82, 2.24) is 5.32 Å². The molecule has 21 heavy (non-hydrogen) atoms. The number of hydrogen-bond acceptors (Lipinski definition) is 2. The molecule has 0 amide bonds. The molecular formula is C17H17F2NO. The Labute approximate surface area is 122 Å². The second kappa shape index (κ2) is 5.82. The molecular weight excluding hydrogens is 272 g/mol. The van der Waals surface area contributed by atoms with E-state index in [9.17, 15) is 8.78 Å². The van der Waals surface area contributed by atoms with Crippen molar-refractivity contribution in [1.29, 1.82) is 0 Å². The number of halogens is 2. The van der Waals surface area contributed by atoms with E-state index in [-0.39, 0.29) is 0 Å². The van der Waals surface area contributed by atoms with Crippen LogP contribution in [0.1, 0.15) is 23.1 Å². The van der Waals surface area contributed by atoms with Crippen molar-refractivity contribution in [3.8, 4) is 5.75 Å². The van der Waals surface area contributed by atoms with Crippen molar-refractivity contribution >= 4 is 0 Å². The highest BCUT2D eigenvalue weighted by atomic mass is 19.1. The number of hydrogen-bond donors (Lipinski definition) is 2. The van der Waals surface area contributed by atoms with Crippen LogP contribution < -0.4 is 5.32 Å². The molecule has 2 aromatic carbocycles. The third-order valence-electron chi connectivity index (χ3n) is 4.02. The number of benzene rings is 2. The van der Waals surface area contributed by atoms with Crippen molar-refractivity contribution < 1.29 is 13.9 Å². The zero-order chi connectivity index (χ0) is 14.8. The number of rotatable bonds is 3. The van der Waals surface area contributed by atoms with E-state index in [1.807, 2.05) is 6.07 Å². The minimum Gasteiger partial charge on any atom is -0.503 e. The van der Waals surface area contributed by atoms with Gasteiger partial charge in [-0.3, -0.25) is 0 Å². The Morgan fingerprint density at radius 1 is 1.10 bits per heavy atom. The number of nitrogens with one attached hydrogen (secondary N) is 1. The Hall–Kier alpha value is -1.94. The van der Waals surface area contributed by atoms with E-state index in [1.165, 1.54) is 23.3 Å². The van der Waals surface area contributed by atoms with Gasteiger partial charge in [-0.2, -0.15) is 0 Å². The maximum atomic E-state index is 13.3. The lowest BCUT2D eigenvalue weighted by Gasteiger charge is -2.25. The number of phenolic OH excluding ortho intramolecular Hbond substituents is 1. The molecule has 2 aromatic rings. The fourth-order valence-corrected chi connectivity index (χ4v) is 2.85. The van der Waals surface area contributed by atoms with Crippen LogP contribution in [0.5, 0.6) is 5.75 Å². The Balaban J connectivity index is 1.64. The maximum absolute atomic E-state index is 13.3. The van der Waals surface area contributed by atoms with Crippen molar-refractivity contribution in [2.45, 2.75) is 31.8 Å². The van der Waals surface area contributed by atoms with Gasteiger partial charge in [0.05, 0.1) is 0 Å². The van der Waals surface area contributed by atoms with Gasteiger partial charge < -0.3 is 10.4 Å². The second-order valence-electron chi connectivity index (χ2n) is 5.50. The molecule has 1 aliphatic rings. The normalized spacial score (nSPS) is 17.5. The summed E-state index contributed by atoms with van der Waals surface area (Å²) in [7, 11) is 0. The van der Waals surface area contributed by atoms with Gasteiger partial charge in [-0.05, 0) is 48.1 Å². The van der Waals surface area contributed by atoms with E-state index in [0.29, 0.717) is 18.2 Å². The topological polar surface area (TPSA) is 32.3 Å². The highest BCUT2D eigenvalue weighted by Gasteiger charge is 2.18. The molecule has 0 radical (unpaired) electrons. The minimum atomic E-state index is -0.916. The van der Waals surface area contributed by atoms with Gasteiger partial charge in [0.25, 0.3) is 0 Å². The molecule has 4 heteroatoms. The average molecular weight is 289 g/mol. The van der Waals surface area contributed by atoms with Crippen LogP contribution in [0.25, 0.3) is 0 Å². The summed E-state index contributed by atoms with van der Waals surface area (Å²) in [6.45, 7) is 0.390. The molecule has 0 saturated carbocycles. The quantitative estimate of drug-likeness (QED) is 0.908. The smallest absolute Gasteiger partial charge is 0.187 e. The van der Waals surface area contributed by atoms with Gasteiger partial charge in [-0.25, -0.2) is 8.78 Å². The van der Waals surface area contributed by atoms with E-state index in [4.69, 9.17) is 5.11 Å². The van der Waals surface area contributed by atoms with Crippen LogP contribution in [0, 0.1) is 11.6 Å². The van der Waals surface area contributed by atoms with E-state index >= 15 is 0 Å². The van der Waals surface area contributed by atoms with Crippen molar-refractivity contribution in [3.05, 3.63) is 64.7 Å². The number of aryl methyl sites for hydroxylation is 1. The van der Waals surface area contributed by atoms with Crippen LogP contribution in [0.15, 0.2) is 36.4 Å². The van der Waals surface area contributed by atoms with Gasteiger partial charge in [-0.1, -0.05) is 24.3 Å². The van der Waals surface area contributed by atoms with Crippen LogP contribution in [0.4, 0.5) is 8.78 Å². The molecule has 2 N–H and O–H groups in total. The van der Waals surface area contributed by atoms with Gasteiger partial charge >= 0.3 is 0 Å². The number of aromatic hydroxyl groups is 1. The molecule has 0 bridgehead atoms. The molecule has 3 rings (SSSR count). The van der Waals surface area contributed by atoms with Crippen LogP contribution >= 0.6 is 0 Å². The summed E-state index contributed by atoms with van der Waals surface area (Å²) in [6.07, 6.45) is 2.96. The summed E-state index contributed by atoms with van der Waals surface area (Å²) >= 11 is 0. The predicted octanol–water partition coefficient (Wildman–Crippen LogP) is 3.32. The lowest BCUT2D eigenvalue weighted by molar-refractivity contribution is 0.393. The Kier molecular flexibility index (Phi) is 3.88. The van der Waals surface area contributed by atoms with Crippen LogP contribution in [0.3, 0.4) is 0 Å². The minimum absolute atomic E-state index is 0.305. The van der Waals surface area contributed by atoms with Crippen molar-refractivity contribution in [3.63, 3.8) is 0 Å². The summed E-state index contributed by atoms with van der Waals surface area (Å²) in [5, 5.41) is 12.4. The lowest BCUT2D eigenvalue weighted by Crippen LogP contribution is -2.34. The van der Waals surface area contributed by atoms with E-state index < -0.39 is 17.4 Å². The van der Waals surface area contributed by atoms with Gasteiger partial charge in [-0.15, -0.1) is 0 Å². The molecule has 1 aliphatic carbocycles. The molecule has 110 valence electrons. The van der Waals surface area contributed by atoms with Gasteiger partial charge in [0, 0.05) is 12.6 Å². The van der Waals surface area contributed by atoms with Gasteiger partial charge in [0.2, 0.25) is 0 Å². The molecule has 0 spiro atoms. The summed E-state index contributed by atoms with van der Waals surface area (Å²) in [6, 6.07) is 11.0. The summed E-state index contributed by atoms with van der Waals surface area (Å²) in [4.78, 5) is 0. The average Bonchev–Trinajstić information content (AvgIpc) is 2.50. The Morgan fingerprint density at radius 2 is 1.76 bits per heavy atom. The fraction of sp³-hybridized carbons (Fsp3) is 0.294. The van der Waals surface area contributed by atoms with Crippen molar-refractivity contribution in [2.75, 3.05) is 0 Å². The molecule has 1 atom stereocenters. The Morgan fingerprint density at radius 3 is 2.48 bits per heavy atom. The molecule has 0 heterocycles. The highest BCUT2D eigenvalue weighted by molar-refractivity contribution is 5.31. The van der Waals surface area contributed by atoms with Crippen LogP contribution in [-0.4, -0.2) is 11.1 Å². The zero-order valence-electron chi connectivity index (χ0n) is 11.6. The SMILES string of the molecule is Oc1c(F)cc(CNC2CCc3ccccc3C2)cc1F. The molecule has 1 unspecified atom stereocenters. The fourth-order valence-electron chi connectivity index (χ4n) is 2.85. The first-order valence-corrected chi connectivity index (χ1v) is 7.10. The lowest BCUT2D eigenvalue weighted by atomic mass is 9.88. The van der Waals surface area contributed by atoms with Crippen molar-refractivity contribution in [2.24, 2.45) is 0 Å². The monoisotopic (exact) mass is 289 g/mol. The Bertz CT molecular complexity index is 634. The summed E-state index contributed by atoms with van der Waals surface area (Å²) < 4.78 is 26.6. The third kappa shape index (κ3) is 3.05. The first-order chi connectivity index (χ1) is 10.1. The van der Waals surface area contributed by atoms with E-state index in [2.05, 4.69) is 23.5 Å². The standard InChI is InChI=1S/C17H17F2NO/c18-15-7-11(8-16(19)17(15)21)10-20-14-6-5-12-3-1-2-4-13(12)9-14/h1-4,7-8,14,20-21H,5-6,9-10H2. The van der Waals surface area contributed by atoms with Gasteiger partial charge in [0.1, 0.15) is 0 Å². The second-order valence-corrected chi connectivity index (χ2v) is 5.50. The van der Waals surface area contributed by atoms with Gasteiger partial charge in [0.15, 0.2) is 17.4 Å². The van der Waals surface area contributed by atoms with E-state index in [1.54, 1.807) is 0 Å². The molecule has 0 saturated heterocycles. The van der Waals surface area contributed by atoms with Crippen LogP contribution in [-0.2, 0) is 19.4 Å². The molecule has 0 aromatic heterocycles.